The Bertz CT molecular complexity index is 646. The molecular formula is C14H10BrFINO2. The molecular weight excluding hydrogens is 440 g/mol. The summed E-state index contributed by atoms with van der Waals surface area (Å²) in [4.78, 5) is 11.9. The van der Waals surface area contributed by atoms with Crippen LogP contribution in [0.2, 0.25) is 0 Å². The van der Waals surface area contributed by atoms with Crippen molar-refractivity contribution in [1.82, 2.24) is 0 Å². The van der Waals surface area contributed by atoms with Gasteiger partial charge in [-0.1, -0.05) is 12.1 Å². The van der Waals surface area contributed by atoms with E-state index in [0.717, 1.165) is 15.2 Å². The Balaban J connectivity index is 2.09. The van der Waals surface area contributed by atoms with E-state index in [1.165, 1.54) is 6.07 Å². The predicted octanol–water partition coefficient (Wildman–Crippen LogP) is 4.13. The third-order valence-electron chi connectivity index (χ3n) is 2.59. The summed E-state index contributed by atoms with van der Waals surface area (Å²) in [5, 5.41) is 0. The van der Waals surface area contributed by atoms with Crippen molar-refractivity contribution in [3.63, 3.8) is 0 Å². The van der Waals surface area contributed by atoms with E-state index in [0.29, 0.717) is 4.47 Å². The Morgan fingerprint density at radius 2 is 1.95 bits per heavy atom. The van der Waals surface area contributed by atoms with Gasteiger partial charge in [-0.25, -0.2) is 9.18 Å². The lowest BCUT2D eigenvalue weighted by atomic mass is 10.2. The van der Waals surface area contributed by atoms with Crippen LogP contribution in [0.15, 0.2) is 40.9 Å². The van der Waals surface area contributed by atoms with E-state index in [1.54, 1.807) is 0 Å². The van der Waals surface area contributed by atoms with Crippen molar-refractivity contribution < 1.29 is 13.9 Å². The summed E-state index contributed by atoms with van der Waals surface area (Å²) in [6.07, 6.45) is 0. The molecule has 2 aromatic carbocycles. The van der Waals surface area contributed by atoms with Gasteiger partial charge in [-0.05, 0) is 68.3 Å². The van der Waals surface area contributed by atoms with Crippen LogP contribution in [0.4, 0.5) is 10.1 Å². The number of carbonyl (C=O) groups is 1. The molecule has 0 saturated heterocycles. The zero-order valence-corrected chi connectivity index (χ0v) is 13.9. The summed E-state index contributed by atoms with van der Waals surface area (Å²) >= 11 is 5.32. The lowest BCUT2D eigenvalue weighted by Crippen LogP contribution is -2.07. The van der Waals surface area contributed by atoms with Crippen LogP contribution in [0.5, 0.6) is 0 Å². The zero-order chi connectivity index (χ0) is 14.7. The highest BCUT2D eigenvalue weighted by molar-refractivity contribution is 14.1. The molecule has 0 atom stereocenters. The van der Waals surface area contributed by atoms with Gasteiger partial charge in [0, 0.05) is 8.04 Å². The van der Waals surface area contributed by atoms with Crippen molar-refractivity contribution in [1.29, 1.82) is 0 Å². The van der Waals surface area contributed by atoms with E-state index in [-0.39, 0.29) is 17.9 Å². The fourth-order valence-electron chi connectivity index (χ4n) is 1.53. The van der Waals surface area contributed by atoms with Crippen LogP contribution in [0, 0.1) is 9.39 Å². The van der Waals surface area contributed by atoms with Crippen molar-refractivity contribution >= 4 is 50.2 Å². The second-order valence-corrected chi connectivity index (χ2v) is 6.16. The summed E-state index contributed by atoms with van der Waals surface area (Å²) in [6, 6.07) is 10.0. The van der Waals surface area contributed by atoms with Crippen LogP contribution in [0.25, 0.3) is 0 Å². The molecule has 2 rings (SSSR count). The van der Waals surface area contributed by atoms with Gasteiger partial charge in [0.1, 0.15) is 12.4 Å². The molecule has 0 bridgehead atoms. The minimum atomic E-state index is -0.578. The van der Waals surface area contributed by atoms with Gasteiger partial charge in [-0.2, -0.15) is 0 Å². The summed E-state index contributed by atoms with van der Waals surface area (Å²) < 4.78 is 19.8. The lowest BCUT2D eigenvalue weighted by Gasteiger charge is -2.08. The van der Waals surface area contributed by atoms with Crippen LogP contribution in [-0.4, -0.2) is 5.97 Å². The van der Waals surface area contributed by atoms with Gasteiger partial charge in [0.15, 0.2) is 0 Å². The highest BCUT2D eigenvalue weighted by atomic mass is 127. The topological polar surface area (TPSA) is 52.3 Å². The molecule has 0 radical (unpaired) electrons. The molecule has 0 aliphatic carbocycles. The number of rotatable bonds is 3. The molecule has 2 aromatic rings. The zero-order valence-electron chi connectivity index (χ0n) is 10.2. The molecule has 6 heteroatoms. The predicted molar refractivity (Wildman–Crippen MR) is 86.8 cm³/mol. The third-order valence-corrected chi connectivity index (χ3v) is 3.96. The van der Waals surface area contributed by atoms with Crippen LogP contribution in [0.1, 0.15) is 15.9 Å². The van der Waals surface area contributed by atoms with E-state index in [1.807, 2.05) is 24.3 Å². The quantitative estimate of drug-likeness (QED) is 0.435. The lowest BCUT2D eigenvalue weighted by molar-refractivity contribution is 0.0471. The highest BCUT2D eigenvalue weighted by Gasteiger charge is 2.14. The molecule has 0 amide bonds. The first-order valence-corrected chi connectivity index (χ1v) is 7.50. The van der Waals surface area contributed by atoms with E-state index in [9.17, 15) is 9.18 Å². The number of nitrogen functional groups attached to an aromatic ring is 1. The van der Waals surface area contributed by atoms with Gasteiger partial charge in [0.25, 0.3) is 0 Å². The maximum atomic E-state index is 13.2. The fraction of sp³-hybridized carbons (Fsp3) is 0.0714. The maximum Gasteiger partial charge on any atom is 0.339 e. The number of anilines is 1. The Morgan fingerprint density at radius 3 is 2.60 bits per heavy atom. The number of nitrogens with two attached hydrogens (primary N) is 1. The Labute approximate surface area is 137 Å². The van der Waals surface area contributed by atoms with Gasteiger partial charge in [-0.15, -0.1) is 0 Å². The average Bonchev–Trinajstić information content (AvgIpc) is 2.42. The minimum absolute atomic E-state index is 0.0885. The third kappa shape index (κ3) is 3.69. The van der Waals surface area contributed by atoms with E-state index >= 15 is 0 Å². The summed E-state index contributed by atoms with van der Waals surface area (Å²) in [5.74, 6) is -1.13. The molecule has 2 N–H and O–H groups in total. The van der Waals surface area contributed by atoms with Crippen molar-refractivity contribution in [3.05, 3.63) is 61.4 Å². The molecule has 0 aromatic heterocycles. The number of hydrogen-bond donors (Lipinski definition) is 1. The number of esters is 1. The molecule has 0 aliphatic rings. The molecule has 20 heavy (non-hydrogen) atoms. The summed E-state index contributed by atoms with van der Waals surface area (Å²) in [7, 11) is 0. The second kappa shape index (κ2) is 6.53. The van der Waals surface area contributed by atoms with Gasteiger partial charge in [0.05, 0.1) is 11.3 Å². The standard InChI is InChI=1S/C14H10BrFINO2/c15-11-6-12(16)13(18)5-10(11)14(19)20-7-8-1-3-9(17)4-2-8/h1-6H,7,18H2. The molecule has 104 valence electrons. The first-order chi connectivity index (χ1) is 9.47. The van der Waals surface area contributed by atoms with Gasteiger partial charge < -0.3 is 10.5 Å². The van der Waals surface area contributed by atoms with E-state index in [2.05, 4.69) is 38.5 Å². The average molecular weight is 450 g/mol. The molecule has 0 fully saturated rings. The smallest absolute Gasteiger partial charge is 0.339 e. The van der Waals surface area contributed by atoms with Crippen molar-refractivity contribution in [2.45, 2.75) is 6.61 Å². The largest absolute Gasteiger partial charge is 0.457 e. The molecule has 0 saturated carbocycles. The Morgan fingerprint density at radius 1 is 1.30 bits per heavy atom. The Hall–Kier alpha value is -1.15. The molecule has 0 aliphatic heterocycles. The normalized spacial score (nSPS) is 10.3. The minimum Gasteiger partial charge on any atom is -0.457 e. The van der Waals surface area contributed by atoms with Crippen molar-refractivity contribution in [2.24, 2.45) is 0 Å². The maximum absolute atomic E-state index is 13.2. The summed E-state index contributed by atoms with van der Waals surface area (Å²) in [6.45, 7) is 0.152. The first kappa shape index (κ1) is 15.2. The molecule has 0 heterocycles. The highest BCUT2D eigenvalue weighted by Crippen LogP contribution is 2.23. The van der Waals surface area contributed by atoms with Crippen molar-refractivity contribution in [2.75, 3.05) is 5.73 Å². The van der Waals surface area contributed by atoms with Gasteiger partial charge in [0.2, 0.25) is 0 Å². The Kier molecular flexibility index (Phi) is 4.98. The van der Waals surface area contributed by atoms with Crippen LogP contribution >= 0.6 is 38.5 Å². The van der Waals surface area contributed by atoms with Crippen LogP contribution < -0.4 is 5.73 Å². The number of hydrogen-bond acceptors (Lipinski definition) is 3. The van der Waals surface area contributed by atoms with E-state index in [4.69, 9.17) is 10.5 Å². The van der Waals surface area contributed by atoms with Crippen LogP contribution in [0.3, 0.4) is 0 Å². The van der Waals surface area contributed by atoms with E-state index < -0.39 is 11.8 Å². The van der Waals surface area contributed by atoms with Crippen LogP contribution in [-0.2, 0) is 11.3 Å². The first-order valence-electron chi connectivity index (χ1n) is 5.63. The monoisotopic (exact) mass is 449 g/mol. The molecule has 3 nitrogen and oxygen atoms in total. The number of halogens is 3. The number of carbonyl (C=O) groups excluding carboxylic acids is 1. The second-order valence-electron chi connectivity index (χ2n) is 4.06. The van der Waals surface area contributed by atoms with Gasteiger partial charge >= 0.3 is 5.97 Å². The van der Waals surface area contributed by atoms with Gasteiger partial charge in [-0.3, -0.25) is 0 Å². The fourth-order valence-corrected chi connectivity index (χ4v) is 2.37. The number of benzene rings is 2. The SMILES string of the molecule is Nc1cc(C(=O)OCc2ccc(I)cc2)c(Br)cc1F. The van der Waals surface area contributed by atoms with Crippen molar-refractivity contribution in [3.8, 4) is 0 Å². The molecule has 0 unspecified atom stereocenters. The summed E-state index contributed by atoms with van der Waals surface area (Å²) in [5.41, 5.74) is 6.44. The number of ether oxygens (including phenoxy) is 1. The molecule has 0 spiro atoms.